The van der Waals surface area contributed by atoms with Crippen LogP contribution in [0.4, 0.5) is 0 Å². The molecule has 3 nitrogen and oxygen atoms in total. The molecule has 0 N–H and O–H groups in total. The molecular formula is C19H16N2OS. The normalized spacial score (nSPS) is 15.0. The van der Waals surface area contributed by atoms with Crippen LogP contribution in [0.3, 0.4) is 0 Å². The quantitative estimate of drug-likeness (QED) is 0.425. The van der Waals surface area contributed by atoms with Gasteiger partial charge in [0.15, 0.2) is 6.20 Å². The molecule has 0 fully saturated rings. The van der Waals surface area contributed by atoms with E-state index in [0.29, 0.717) is 16.0 Å². The second-order valence-corrected chi connectivity index (χ2v) is 7.32. The minimum Gasteiger partial charge on any atom is -0.618 e. The molecule has 0 bridgehead atoms. The van der Waals surface area contributed by atoms with E-state index in [1.54, 1.807) is 12.1 Å². The van der Waals surface area contributed by atoms with Gasteiger partial charge in [0.2, 0.25) is 0 Å². The van der Waals surface area contributed by atoms with Crippen molar-refractivity contribution in [2.45, 2.75) is 30.6 Å². The van der Waals surface area contributed by atoms with Crippen molar-refractivity contribution in [2.75, 3.05) is 5.75 Å². The average Bonchev–Trinajstić information content (AvgIpc) is 2.53. The molecule has 23 heavy (non-hydrogen) atoms. The predicted molar refractivity (Wildman–Crippen MR) is 90.9 cm³/mol. The van der Waals surface area contributed by atoms with Gasteiger partial charge in [0.05, 0.1) is 0 Å². The Morgan fingerprint density at radius 2 is 1.96 bits per heavy atom. The van der Waals surface area contributed by atoms with E-state index in [0.717, 1.165) is 17.7 Å². The van der Waals surface area contributed by atoms with Gasteiger partial charge in [-0.3, -0.25) is 0 Å². The third-order valence-electron chi connectivity index (χ3n) is 4.07. The Bertz CT molecular complexity index is 869. The Morgan fingerprint density at radius 3 is 2.70 bits per heavy atom. The van der Waals surface area contributed by atoms with Crippen LogP contribution in [0.1, 0.15) is 42.7 Å². The highest BCUT2D eigenvalue weighted by molar-refractivity contribution is 7.99. The lowest BCUT2D eigenvalue weighted by Crippen LogP contribution is -2.30. The monoisotopic (exact) mass is 320 g/mol. The Balaban J connectivity index is 1.95. The number of benzene rings is 1. The summed E-state index contributed by atoms with van der Waals surface area (Å²) in [6.45, 7) is 4.52. The van der Waals surface area contributed by atoms with E-state index in [9.17, 15) is 5.21 Å². The maximum absolute atomic E-state index is 11.8. The topological polar surface area (TPSA) is 50.7 Å². The molecule has 0 unspecified atom stereocenters. The zero-order valence-corrected chi connectivity index (χ0v) is 13.9. The van der Waals surface area contributed by atoms with Crippen molar-refractivity contribution in [1.82, 2.24) is 0 Å². The first-order chi connectivity index (χ1) is 11.0. The summed E-state index contributed by atoms with van der Waals surface area (Å²) in [4.78, 5) is 1.32. The Morgan fingerprint density at radius 1 is 1.17 bits per heavy atom. The van der Waals surface area contributed by atoms with Crippen molar-refractivity contribution in [3.05, 3.63) is 64.1 Å². The average molecular weight is 320 g/mol. The number of hydrogen-bond donors (Lipinski definition) is 0. The van der Waals surface area contributed by atoms with Crippen LogP contribution in [0, 0.1) is 28.4 Å². The Labute approximate surface area is 140 Å². The smallest absolute Gasteiger partial charge is 0.268 e. The number of rotatable bonds is 0. The fourth-order valence-corrected chi connectivity index (χ4v) is 4.08. The van der Waals surface area contributed by atoms with Gasteiger partial charge >= 0.3 is 0 Å². The van der Waals surface area contributed by atoms with Crippen molar-refractivity contribution in [1.29, 1.82) is 5.26 Å². The molecule has 0 saturated heterocycles. The third kappa shape index (κ3) is 3.18. The molecule has 1 aliphatic heterocycles. The van der Waals surface area contributed by atoms with Gasteiger partial charge in [0.1, 0.15) is 11.6 Å². The highest BCUT2D eigenvalue weighted by atomic mass is 32.2. The first-order valence-corrected chi connectivity index (χ1v) is 8.41. The lowest BCUT2D eigenvalue weighted by molar-refractivity contribution is -0.608. The van der Waals surface area contributed by atoms with E-state index in [1.165, 1.54) is 16.7 Å². The molecule has 0 saturated carbocycles. The number of nitriles is 1. The van der Waals surface area contributed by atoms with Crippen LogP contribution < -0.4 is 4.73 Å². The minimum absolute atomic E-state index is 0.158. The maximum atomic E-state index is 11.8. The largest absolute Gasteiger partial charge is 0.618 e. The zero-order chi connectivity index (χ0) is 16.4. The van der Waals surface area contributed by atoms with Gasteiger partial charge in [-0.25, -0.2) is 0 Å². The van der Waals surface area contributed by atoms with Crippen molar-refractivity contribution in [3.63, 3.8) is 0 Å². The number of nitrogens with zero attached hydrogens (tertiary/aromatic N) is 2. The Kier molecular flexibility index (Phi) is 4.03. The number of pyridine rings is 1. The van der Waals surface area contributed by atoms with Gasteiger partial charge in [-0.2, -0.15) is 9.99 Å². The number of hydrogen-bond acceptors (Lipinski definition) is 3. The molecule has 2 aromatic rings. The first kappa shape index (κ1) is 15.5. The van der Waals surface area contributed by atoms with Crippen LogP contribution in [-0.4, -0.2) is 5.75 Å². The SMILES string of the molecule is CC1(C)CCSc2ccc(C#Cc3ccc(C#N)c[n+]3[O-])cc21. The summed E-state index contributed by atoms with van der Waals surface area (Å²) in [5.74, 6) is 7.11. The molecule has 1 aromatic heterocycles. The zero-order valence-electron chi connectivity index (χ0n) is 13.1. The van der Waals surface area contributed by atoms with Gasteiger partial charge in [-0.05, 0) is 47.4 Å². The molecule has 0 aliphatic carbocycles. The molecule has 2 heterocycles. The maximum Gasteiger partial charge on any atom is 0.268 e. The van der Waals surface area contributed by atoms with E-state index in [1.807, 2.05) is 23.9 Å². The van der Waals surface area contributed by atoms with Crippen LogP contribution in [0.15, 0.2) is 41.4 Å². The number of aromatic nitrogens is 1. The summed E-state index contributed by atoms with van der Waals surface area (Å²) < 4.78 is 0.643. The molecule has 1 aromatic carbocycles. The summed E-state index contributed by atoms with van der Waals surface area (Å²) in [5.41, 5.74) is 3.07. The Hall–Kier alpha value is -2.43. The van der Waals surface area contributed by atoms with Crippen molar-refractivity contribution < 1.29 is 4.73 Å². The summed E-state index contributed by atoms with van der Waals surface area (Å²) in [6.07, 6.45) is 2.40. The number of fused-ring (bicyclic) bond motifs is 1. The van der Waals surface area contributed by atoms with Crippen molar-refractivity contribution >= 4 is 11.8 Å². The van der Waals surface area contributed by atoms with E-state index in [-0.39, 0.29) is 5.41 Å². The molecular weight excluding hydrogens is 304 g/mol. The lowest BCUT2D eigenvalue weighted by Gasteiger charge is -2.32. The van der Waals surface area contributed by atoms with Gasteiger partial charge < -0.3 is 5.21 Å². The van der Waals surface area contributed by atoms with Crippen LogP contribution in [0.25, 0.3) is 0 Å². The third-order valence-corrected chi connectivity index (χ3v) is 5.15. The molecule has 0 radical (unpaired) electrons. The second-order valence-electron chi connectivity index (χ2n) is 6.18. The second kappa shape index (κ2) is 5.99. The van der Waals surface area contributed by atoms with Gasteiger partial charge in [-0.15, -0.1) is 11.8 Å². The van der Waals surface area contributed by atoms with E-state index >= 15 is 0 Å². The van der Waals surface area contributed by atoms with Crippen molar-refractivity contribution in [2.24, 2.45) is 0 Å². The molecule has 1 aliphatic rings. The molecule has 3 rings (SSSR count). The van der Waals surface area contributed by atoms with Crippen LogP contribution in [0.5, 0.6) is 0 Å². The summed E-state index contributed by atoms with van der Waals surface area (Å²) >= 11 is 1.89. The fraction of sp³-hybridized carbons (Fsp3) is 0.263. The summed E-state index contributed by atoms with van der Waals surface area (Å²) in [5, 5.41) is 20.6. The van der Waals surface area contributed by atoms with Crippen LogP contribution in [-0.2, 0) is 5.41 Å². The number of thioether (sulfide) groups is 1. The molecule has 0 atom stereocenters. The standard InChI is InChI=1S/C19H16N2OS/c1-19(2)9-10-23-18-8-5-14(11-17(18)19)3-6-16-7-4-15(12-20)13-21(16)22/h4-5,7-8,11,13H,9-10H2,1-2H3. The summed E-state index contributed by atoms with van der Waals surface area (Å²) in [7, 11) is 0. The lowest BCUT2D eigenvalue weighted by atomic mass is 9.81. The van der Waals surface area contributed by atoms with Crippen molar-refractivity contribution in [3.8, 4) is 17.9 Å². The predicted octanol–water partition coefficient (Wildman–Crippen LogP) is 3.36. The van der Waals surface area contributed by atoms with E-state index < -0.39 is 0 Å². The molecule has 114 valence electrons. The molecule has 0 spiro atoms. The van der Waals surface area contributed by atoms with E-state index in [2.05, 4.69) is 37.8 Å². The highest BCUT2D eigenvalue weighted by Gasteiger charge is 2.27. The first-order valence-electron chi connectivity index (χ1n) is 7.42. The minimum atomic E-state index is 0.158. The fourth-order valence-electron chi connectivity index (χ4n) is 2.59. The van der Waals surface area contributed by atoms with Gasteiger partial charge in [0.25, 0.3) is 5.69 Å². The molecule has 0 amide bonds. The van der Waals surface area contributed by atoms with Gasteiger partial charge in [-0.1, -0.05) is 19.8 Å². The highest BCUT2D eigenvalue weighted by Crippen LogP contribution is 2.41. The van der Waals surface area contributed by atoms with Gasteiger partial charge in [0, 0.05) is 22.4 Å². The molecule has 4 heteroatoms. The van der Waals surface area contributed by atoms with E-state index in [4.69, 9.17) is 5.26 Å². The van der Waals surface area contributed by atoms with Crippen LogP contribution in [0.2, 0.25) is 0 Å². The summed E-state index contributed by atoms with van der Waals surface area (Å²) in [6, 6.07) is 11.4. The van der Waals surface area contributed by atoms with Crippen LogP contribution >= 0.6 is 11.8 Å².